The molecule has 0 spiro atoms. The summed E-state index contributed by atoms with van der Waals surface area (Å²) in [5, 5.41) is 0.302. The molecule has 36 heavy (non-hydrogen) atoms. The molecule has 0 heterocycles. The van der Waals surface area contributed by atoms with Crippen LogP contribution in [0.15, 0.2) is 53.4 Å². The fourth-order valence-corrected chi connectivity index (χ4v) is 6.12. The summed E-state index contributed by atoms with van der Waals surface area (Å²) < 4.78 is 31.2. The summed E-state index contributed by atoms with van der Waals surface area (Å²) >= 11 is 0. The molecule has 0 aliphatic carbocycles. The molecule has 2 rings (SSSR count). The first kappa shape index (κ1) is 32.8. The molecule has 0 saturated carbocycles. The van der Waals surface area contributed by atoms with Crippen LogP contribution in [0.5, 0.6) is 0 Å². The van der Waals surface area contributed by atoms with Crippen LogP contribution < -0.4 is 0 Å². The number of hydrogen-bond donors (Lipinski definition) is 1. The van der Waals surface area contributed by atoms with E-state index < -0.39 is 10.1 Å². The summed E-state index contributed by atoms with van der Waals surface area (Å²) in [5.74, 6) is 0. The van der Waals surface area contributed by atoms with Crippen molar-refractivity contribution in [3.8, 4) is 0 Å². The molecule has 2 aromatic rings. The second-order valence-corrected chi connectivity index (χ2v) is 12.5. The van der Waals surface area contributed by atoms with Crippen LogP contribution in [0.2, 0.25) is 0 Å². The normalized spacial score (nSPS) is 11.7. The fourth-order valence-electron chi connectivity index (χ4n) is 4.67. The van der Waals surface area contributed by atoms with E-state index in [9.17, 15) is 8.42 Å². The lowest BCUT2D eigenvalue weighted by molar-refractivity contribution is 0.476. The lowest BCUT2D eigenvalue weighted by Crippen LogP contribution is -2.20. The SMILES string of the molecule is CCCCCCc1ccccc1S(=O)(=O)O.CCCCc1ccccc1C(P)(CCCC)CCCC. The number of aryl methyl sites for hydroxylation is 2. The Labute approximate surface area is 224 Å². The van der Waals surface area contributed by atoms with Crippen molar-refractivity contribution in [1.82, 2.24) is 0 Å². The van der Waals surface area contributed by atoms with Gasteiger partial charge in [0.15, 0.2) is 0 Å². The highest BCUT2D eigenvalue weighted by molar-refractivity contribution is 7.85. The Morgan fingerprint density at radius 3 is 1.72 bits per heavy atom. The van der Waals surface area contributed by atoms with Gasteiger partial charge in [-0.1, -0.05) is 122 Å². The predicted octanol–water partition coefficient (Wildman–Crippen LogP) is 9.54. The van der Waals surface area contributed by atoms with Crippen molar-refractivity contribution < 1.29 is 13.0 Å². The summed E-state index contributed by atoms with van der Waals surface area (Å²) in [7, 11) is -0.846. The zero-order valence-corrected chi connectivity index (χ0v) is 25.2. The van der Waals surface area contributed by atoms with Crippen molar-refractivity contribution in [3.05, 3.63) is 65.2 Å². The molecule has 3 nitrogen and oxygen atoms in total. The summed E-state index contributed by atoms with van der Waals surface area (Å²) in [6.45, 7) is 9.01. The van der Waals surface area contributed by atoms with Gasteiger partial charge in [0.25, 0.3) is 10.1 Å². The first-order valence-corrected chi connectivity index (χ1v) is 16.2. The molecule has 2 aromatic carbocycles. The van der Waals surface area contributed by atoms with Crippen molar-refractivity contribution in [2.45, 2.75) is 128 Å². The van der Waals surface area contributed by atoms with E-state index in [0.29, 0.717) is 17.1 Å². The maximum atomic E-state index is 11.1. The van der Waals surface area contributed by atoms with E-state index in [2.05, 4.69) is 61.2 Å². The standard InChI is InChI=1S/C19H33P.C12H18O3S/c1-4-7-12-17-13-10-11-14-18(17)19(20,15-8-5-2)16-9-6-3;1-2-3-4-5-8-11-9-6-7-10-12(11)16(13,14)15/h10-11,13-14H,4-9,12,15-16,20H2,1-3H3;6-7,9-10H,2-5,8H2,1H3,(H,13,14,15). The maximum absolute atomic E-state index is 11.1. The highest BCUT2D eigenvalue weighted by Gasteiger charge is 2.27. The summed E-state index contributed by atoms with van der Waals surface area (Å²) in [6, 6.07) is 15.8. The molecule has 0 aliphatic rings. The first-order valence-electron chi connectivity index (χ1n) is 14.2. The largest absolute Gasteiger partial charge is 0.294 e. The van der Waals surface area contributed by atoms with Gasteiger partial charge in [0.2, 0.25) is 0 Å². The quantitative estimate of drug-likeness (QED) is 0.132. The van der Waals surface area contributed by atoms with Crippen molar-refractivity contribution >= 4 is 19.4 Å². The molecule has 0 radical (unpaired) electrons. The molecule has 204 valence electrons. The molecule has 1 unspecified atom stereocenters. The van der Waals surface area contributed by atoms with Crippen LogP contribution in [0.4, 0.5) is 0 Å². The minimum absolute atomic E-state index is 0.0477. The van der Waals surface area contributed by atoms with Crippen LogP contribution in [0.25, 0.3) is 0 Å². The number of rotatable bonds is 16. The van der Waals surface area contributed by atoms with Crippen molar-refractivity contribution in [3.63, 3.8) is 0 Å². The minimum atomic E-state index is -4.08. The van der Waals surface area contributed by atoms with Crippen LogP contribution in [-0.2, 0) is 28.1 Å². The molecule has 0 saturated heterocycles. The summed E-state index contributed by atoms with van der Waals surface area (Å²) in [6.07, 6.45) is 16.7. The number of benzene rings is 2. The van der Waals surface area contributed by atoms with Gasteiger partial charge in [-0.25, -0.2) is 0 Å². The minimum Gasteiger partial charge on any atom is -0.282 e. The zero-order chi connectivity index (χ0) is 26.9. The molecule has 0 fully saturated rings. The Bertz CT molecular complexity index is 948. The molecule has 0 aromatic heterocycles. The van der Waals surface area contributed by atoms with E-state index >= 15 is 0 Å². The van der Waals surface area contributed by atoms with E-state index in [1.165, 1.54) is 63.9 Å². The molecule has 1 atom stereocenters. The van der Waals surface area contributed by atoms with E-state index in [4.69, 9.17) is 4.55 Å². The van der Waals surface area contributed by atoms with E-state index in [1.54, 1.807) is 29.3 Å². The summed E-state index contributed by atoms with van der Waals surface area (Å²) in [5.41, 5.74) is 3.89. The highest BCUT2D eigenvalue weighted by Crippen LogP contribution is 2.43. The number of hydrogen-bond acceptors (Lipinski definition) is 2. The Morgan fingerprint density at radius 2 is 1.17 bits per heavy atom. The maximum Gasteiger partial charge on any atom is 0.294 e. The average Bonchev–Trinajstić information content (AvgIpc) is 2.88. The van der Waals surface area contributed by atoms with Gasteiger partial charge in [-0.05, 0) is 61.3 Å². The van der Waals surface area contributed by atoms with E-state index in [1.807, 2.05) is 0 Å². The zero-order valence-electron chi connectivity index (χ0n) is 23.3. The molecule has 0 aliphatic heterocycles. The van der Waals surface area contributed by atoms with Crippen LogP contribution in [0.3, 0.4) is 0 Å². The van der Waals surface area contributed by atoms with Gasteiger partial charge in [0.05, 0.1) is 4.90 Å². The van der Waals surface area contributed by atoms with Crippen molar-refractivity contribution in [2.24, 2.45) is 0 Å². The van der Waals surface area contributed by atoms with Gasteiger partial charge in [0.1, 0.15) is 0 Å². The van der Waals surface area contributed by atoms with Crippen molar-refractivity contribution in [2.75, 3.05) is 0 Å². The molecular formula is C31H51O3PS. The predicted molar refractivity (Wildman–Crippen MR) is 160 cm³/mol. The lowest BCUT2D eigenvalue weighted by Gasteiger charge is -2.32. The van der Waals surface area contributed by atoms with Crippen LogP contribution in [0.1, 0.15) is 121 Å². The van der Waals surface area contributed by atoms with Crippen molar-refractivity contribution in [1.29, 1.82) is 0 Å². The Morgan fingerprint density at radius 1 is 0.667 bits per heavy atom. The second-order valence-electron chi connectivity index (χ2n) is 10.0. The fraction of sp³-hybridized carbons (Fsp3) is 0.613. The topological polar surface area (TPSA) is 54.4 Å². The van der Waals surface area contributed by atoms with E-state index in [-0.39, 0.29) is 4.90 Å². The monoisotopic (exact) mass is 534 g/mol. The lowest BCUT2D eigenvalue weighted by atomic mass is 9.84. The first-order chi connectivity index (χ1) is 17.2. The van der Waals surface area contributed by atoms with Crippen LogP contribution in [-0.4, -0.2) is 13.0 Å². The van der Waals surface area contributed by atoms with Gasteiger partial charge in [-0.3, -0.25) is 4.55 Å². The third kappa shape index (κ3) is 11.9. The van der Waals surface area contributed by atoms with Gasteiger partial charge in [0, 0.05) is 5.16 Å². The summed E-state index contributed by atoms with van der Waals surface area (Å²) in [4.78, 5) is 0.0477. The Kier molecular flexibility index (Phi) is 16.5. The molecular weight excluding hydrogens is 483 g/mol. The molecule has 0 amide bonds. The highest BCUT2D eigenvalue weighted by atomic mass is 32.2. The van der Waals surface area contributed by atoms with Gasteiger partial charge in [-0.15, -0.1) is 9.24 Å². The van der Waals surface area contributed by atoms with E-state index in [0.717, 1.165) is 25.7 Å². The van der Waals surface area contributed by atoms with Gasteiger partial charge < -0.3 is 0 Å². The third-order valence-electron chi connectivity index (χ3n) is 6.86. The number of unbranched alkanes of at least 4 members (excludes halogenated alkanes) is 6. The molecule has 5 heteroatoms. The third-order valence-corrected chi connectivity index (χ3v) is 8.70. The average molecular weight is 535 g/mol. The van der Waals surface area contributed by atoms with Crippen LogP contribution >= 0.6 is 9.24 Å². The molecule has 1 N–H and O–H groups in total. The molecule has 0 bridgehead atoms. The van der Waals surface area contributed by atoms with Crippen LogP contribution in [0, 0.1) is 0 Å². The van der Waals surface area contributed by atoms with Gasteiger partial charge in [-0.2, -0.15) is 8.42 Å². The van der Waals surface area contributed by atoms with Gasteiger partial charge >= 0.3 is 0 Å². The smallest absolute Gasteiger partial charge is 0.282 e. The Hall–Kier alpha value is -1.22. The second kappa shape index (κ2) is 18.1. The Balaban J connectivity index is 0.000000369.